The average molecular weight is 241 g/mol. The topological polar surface area (TPSA) is 46.5 Å². The Morgan fingerprint density at radius 2 is 2.25 bits per heavy atom. The van der Waals surface area contributed by atoms with Gasteiger partial charge in [0.15, 0.2) is 0 Å². The smallest absolute Gasteiger partial charge is 0.338 e. The van der Waals surface area contributed by atoms with Crippen LogP contribution in [-0.4, -0.2) is 24.8 Å². The van der Waals surface area contributed by atoms with Crippen LogP contribution in [0.3, 0.4) is 0 Å². The van der Waals surface area contributed by atoms with Gasteiger partial charge in [-0.3, -0.25) is 0 Å². The second kappa shape index (κ2) is 5.68. The van der Waals surface area contributed by atoms with Crippen molar-refractivity contribution in [3.05, 3.63) is 39.9 Å². The molecule has 0 atom stereocenters. The summed E-state index contributed by atoms with van der Waals surface area (Å²) in [5.41, 5.74) is 1.83. The molecule has 1 N–H and O–H groups in total. The van der Waals surface area contributed by atoms with Gasteiger partial charge in [-0.05, 0) is 30.2 Å². The summed E-state index contributed by atoms with van der Waals surface area (Å²) in [5, 5.41) is 9.40. The van der Waals surface area contributed by atoms with E-state index >= 15 is 0 Å². The van der Waals surface area contributed by atoms with Gasteiger partial charge in [-0.25, -0.2) is 4.79 Å². The number of aliphatic hydroxyl groups is 1. The SMILES string of the molecule is COC(=O)c1cc(Cl)ccc1C=C(C)CO. The third kappa shape index (κ3) is 3.08. The number of ether oxygens (including phenoxy) is 1. The van der Waals surface area contributed by atoms with Crippen molar-refractivity contribution in [3.8, 4) is 0 Å². The molecule has 1 aromatic rings. The maximum atomic E-state index is 11.5. The Balaban J connectivity index is 3.23. The number of esters is 1. The number of aliphatic hydroxyl groups excluding tert-OH is 1. The van der Waals surface area contributed by atoms with E-state index in [1.54, 1.807) is 31.2 Å². The van der Waals surface area contributed by atoms with Crippen LogP contribution < -0.4 is 0 Å². The van der Waals surface area contributed by atoms with E-state index in [4.69, 9.17) is 16.7 Å². The molecule has 0 saturated carbocycles. The van der Waals surface area contributed by atoms with E-state index in [1.165, 1.54) is 7.11 Å². The van der Waals surface area contributed by atoms with Gasteiger partial charge in [-0.15, -0.1) is 0 Å². The van der Waals surface area contributed by atoms with Crippen LogP contribution in [0.25, 0.3) is 6.08 Å². The van der Waals surface area contributed by atoms with Crippen LogP contribution in [0, 0.1) is 0 Å². The first-order valence-corrected chi connectivity index (χ1v) is 5.12. The summed E-state index contributed by atoms with van der Waals surface area (Å²) in [6.07, 6.45) is 1.72. The second-order valence-corrected chi connectivity index (χ2v) is 3.81. The van der Waals surface area contributed by atoms with E-state index in [0.717, 1.165) is 5.57 Å². The lowest BCUT2D eigenvalue weighted by Crippen LogP contribution is -2.04. The van der Waals surface area contributed by atoms with Gasteiger partial charge in [0, 0.05) is 5.02 Å². The lowest BCUT2D eigenvalue weighted by atomic mass is 10.1. The third-order valence-corrected chi connectivity index (χ3v) is 2.31. The van der Waals surface area contributed by atoms with E-state index < -0.39 is 5.97 Å². The molecule has 1 rings (SSSR count). The van der Waals surface area contributed by atoms with Crippen molar-refractivity contribution >= 4 is 23.6 Å². The highest BCUT2D eigenvalue weighted by Crippen LogP contribution is 2.19. The van der Waals surface area contributed by atoms with Gasteiger partial charge in [0.05, 0.1) is 19.3 Å². The maximum Gasteiger partial charge on any atom is 0.338 e. The minimum absolute atomic E-state index is 0.0523. The highest BCUT2D eigenvalue weighted by molar-refractivity contribution is 6.31. The molecular formula is C12H13ClO3. The van der Waals surface area contributed by atoms with E-state index in [1.807, 2.05) is 0 Å². The third-order valence-electron chi connectivity index (χ3n) is 2.07. The molecule has 0 radical (unpaired) electrons. The molecule has 0 unspecified atom stereocenters. The van der Waals surface area contributed by atoms with Crippen molar-refractivity contribution in [2.24, 2.45) is 0 Å². The van der Waals surface area contributed by atoms with Crippen LogP contribution in [-0.2, 0) is 4.74 Å². The molecule has 0 aliphatic carbocycles. The predicted molar refractivity (Wildman–Crippen MR) is 63.5 cm³/mol. The molecular weight excluding hydrogens is 228 g/mol. The van der Waals surface area contributed by atoms with E-state index in [9.17, 15) is 4.79 Å². The fourth-order valence-corrected chi connectivity index (χ4v) is 1.42. The zero-order chi connectivity index (χ0) is 12.1. The number of halogens is 1. The van der Waals surface area contributed by atoms with Gasteiger partial charge in [0.1, 0.15) is 0 Å². The maximum absolute atomic E-state index is 11.5. The summed E-state index contributed by atoms with van der Waals surface area (Å²) < 4.78 is 4.66. The minimum atomic E-state index is -0.445. The summed E-state index contributed by atoms with van der Waals surface area (Å²) in [7, 11) is 1.32. The van der Waals surface area contributed by atoms with Crippen molar-refractivity contribution in [1.29, 1.82) is 0 Å². The van der Waals surface area contributed by atoms with E-state index in [-0.39, 0.29) is 6.61 Å². The molecule has 0 aromatic heterocycles. The Labute approximate surface area is 99.3 Å². The first-order chi connectivity index (χ1) is 7.58. The van der Waals surface area contributed by atoms with Crippen molar-refractivity contribution in [3.63, 3.8) is 0 Å². The number of methoxy groups -OCH3 is 1. The van der Waals surface area contributed by atoms with Crippen molar-refractivity contribution in [2.45, 2.75) is 6.92 Å². The lowest BCUT2D eigenvalue weighted by molar-refractivity contribution is 0.0600. The summed E-state index contributed by atoms with van der Waals surface area (Å²) in [5.74, 6) is -0.445. The normalized spacial score (nSPS) is 11.4. The van der Waals surface area contributed by atoms with E-state index in [0.29, 0.717) is 16.1 Å². The number of hydrogen-bond acceptors (Lipinski definition) is 3. The summed E-state index contributed by atoms with van der Waals surface area (Å²) in [6.45, 7) is 1.72. The van der Waals surface area contributed by atoms with Crippen LogP contribution in [0.1, 0.15) is 22.8 Å². The molecule has 0 fully saturated rings. The second-order valence-electron chi connectivity index (χ2n) is 3.37. The molecule has 86 valence electrons. The Bertz CT molecular complexity index is 424. The van der Waals surface area contributed by atoms with Crippen molar-refractivity contribution in [2.75, 3.05) is 13.7 Å². The van der Waals surface area contributed by atoms with Crippen LogP contribution in [0.2, 0.25) is 5.02 Å². The van der Waals surface area contributed by atoms with Crippen LogP contribution in [0.15, 0.2) is 23.8 Å². The molecule has 0 saturated heterocycles. The molecule has 3 nitrogen and oxygen atoms in total. The van der Waals surface area contributed by atoms with Crippen LogP contribution >= 0.6 is 11.6 Å². The number of hydrogen-bond donors (Lipinski definition) is 1. The highest BCUT2D eigenvalue weighted by atomic mass is 35.5. The zero-order valence-electron chi connectivity index (χ0n) is 9.16. The minimum Gasteiger partial charge on any atom is -0.465 e. The summed E-state index contributed by atoms with van der Waals surface area (Å²) >= 11 is 5.81. The van der Waals surface area contributed by atoms with E-state index in [2.05, 4.69) is 4.74 Å². The molecule has 0 aliphatic rings. The number of carbonyl (C=O) groups is 1. The van der Waals surface area contributed by atoms with Crippen LogP contribution in [0.5, 0.6) is 0 Å². The van der Waals surface area contributed by atoms with Gasteiger partial charge in [0.25, 0.3) is 0 Å². The first kappa shape index (κ1) is 12.7. The molecule has 0 amide bonds. The fraction of sp³-hybridized carbons (Fsp3) is 0.250. The molecule has 4 heteroatoms. The van der Waals surface area contributed by atoms with Gasteiger partial charge >= 0.3 is 5.97 Å². The summed E-state index contributed by atoms with van der Waals surface area (Å²) in [6, 6.07) is 4.95. The predicted octanol–water partition coefficient (Wildman–Crippen LogP) is 2.52. The quantitative estimate of drug-likeness (QED) is 0.826. The molecule has 0 aliphatic heterocycles. The standard InChI is InChI=1S/C12H13ClO3/c1-8(7-14)5-9-3-4-10(13)6-11(9)12(15)16-2/h3-6,14H,7H2,1-2H3. The monoisotopic (exact) mass is 240 g/mol. The fourth-order valence-electron chi connectivity index (χ4n) is 1.25. The van der Waals surface area contributed by atoms with Gasteiger partial charge in [-0.1, -0.05) is 23.7 Å². The number of rotatable bonds is 3. The average Bonchev–Trinajstić information content (AvgIpc) is 2.30. The Hall–Kier alpha value is -1.32. The van der Waals surface area contributed by atoms with Gasteiger partial charge < -0.3 is 9.84 Å². The van der Waals surface area contributed by atoms with Crippen molar-refractivity contribution in [1.82, 2.24) is 0 Å². The first-order valence-electron chi connectivity index (χ1n) is 4.74. The Morgan fingerprint density at radius 3 is 2.81 bits per heavy atom. The molecule has 0 spiro atoms. The number of benzene rings is 1. The molecule has 0 heterocycles. The number of carbonyl (C=O) groups excluding carboxylic acids is 1. The Kier molecular flexibility index (Phi) is 4.52. The highest BCUT2D eigenvalue weighted by Gasteiger charge is 2.10. The lowest BCUT2D eigenvalue weighted by Gasteiger charge is -2.05. The van der Waals surface area contributed by atoms with Gasteiger partial charge in [-0.2, -0.15) is 0 Å². The zero-order valence-corrected chi connectivity index (χ0v) is 9.91. The molecule has 16 heavy (non-hydrogen) atoms. The Morgan fingerprint density at radius 1 is 1.56 bits per heavy atom. The van der Waals surface area contributed by atoms with Gasteiger partial charge in [0.2, 0.25) is 0 Å². The van der Waals surface area contributed by atoms with Crippen LogP contribution in [0.4, 0.5) is 0 Å². The van der Waals surface area contributed by atoms with Crippen molar-refractivity contribution < 1.29 is 14.6 Å². The summed E-state index contributed by atoms with van der Waals surface area (Å²) in [4.78, 5) is 11.5. The molecule has 1 aromatic carbocycles. The molecule has 0 bridgehead atoms. The largest absolute Gasteiger partial charge is 0.465 e.